The average Bonchev–Trinajstić information content (AvgIpc) is 3.49. The van der Waals surface area contributed by atoms with Crippen molar-refractivity contribution in [3.8, 4) is 0 Å². The van der Waals surface area contributed by atoms with Crippen molar-refractivity contribution < 1.29 is 19.2 Å². The maximum atomic E-state index is 13.8. The van der Waals surface area contributed by atoms with E-state index in [1.54, 1.807) is 10.8 Å². The lowest BCUT2D eigenvalue weighted by Crippen LogP contribution is -2.48. The fourth-order valence-corrected chi connectivity index (χ4v) is 13.4. The van der Waals surface area contributed by atoms with E-state index in [1.165, 1.54) is 255 Å². The normalized spacial score (nSPS) is 12.5. The molecule has 0 aliphatic carbocycles. The molecule has 0 aliphatic heterocycles. The van der Waals surface area contributed by atoms with Crippen LogP contribution < -0.4 is 16.0 Å². The molecule has 0 heterocycles. The third-order valence-corrected chi connectivity index (χ3v) is 19.2. The summed E-state index contributed by atoms with van der Waals surface area (Å²) in [5.41, 5.74) is 0. The standard InChI is InChI=1S/C75H141N3O4S2/c1-5-9-13-17-21-25-29-33-37-40-44-48-52-56-60-64-72(79)70(77-73(80)65-61-57-53-49-45-41-38-34-30-26-22-18-14-10-6-2)68-83-84-69-71(75(82)76-67-63-59-55-51-47-43-36-32-28-24-20-16-12-8-4)78-74(81)66-62-58-54-50-46-42-39-35-31-27-23-19-15-11-7-3/h34-36,38-39,43,70-71H,5-33,37,40-42,44-69H2,1-4H3,(H,76,82)(H,77,80)(H,78,81)/b38-34+,39-35+,43-36+. The van der Waals surface area contributed by atoms with E-state index in [-0.39, 0.29) is 23.5 Å². The minimum Gasteiger partial charge on any atom is -0.354 e. The van der Waals surface area contributed by atoms with Crippen molar-refractivity contribution in [2.24, 2.45) is 0 Å². The molecule has 84 heavy (non-hydrogen) atoms. The molecular formula is C75H141N3O4S2. The maximum Gasteiger partial charge on any atom is 0.243 e. The Morgan fingerprint density at radius 2 is 0.524 bits per heavy atom. The fourth-order valence-electron chi connectivity index (χ4n) is 11.1. The van der Waals surface area contributed by atoms with Crippen LogP contribution in [-0.4, -0.2) is 53.6 Å². The summed E-state index contributed by atoms with van der Waals surface area (Å²) >= 11 is 0. The number of amides is 3. The summed E-state index contributed by atoms with van der Waals surface area (Å²) in [5.74, 6) is 0.736. The Balaban J connectivity index is 5.24. The van der Waals surface area contributed by atoms with Crippen molar-refractivity contribution in [2.45, 2.75) is 399 Å². The molecule has 2 atom stereocenters. The monoisotopic (exact) mass is 1210 g/mol. The van der Waals surface area contributed by atoms with Gasteiger partial charge in [-0.3, -0.25) is 19.2 Å². The molecule has 492 valence electrons. The molecule has 2 unspecified atom stereocenters. The number of carbonyl (C=O) groups excluding carboxylic acids is 4. The van der Waals surface area contributed by atoms with Crippen molar-refractivity contribution in [3.63, 3.8) is 0 Å². The summed E-state index contributed by atoms with van der Waals surface area (Å²) in [6.07, 6.45) is 81.0. The van der Waals surface area contributed by atoms with Crippen LogP contribution in [0.15, 0.2) is 36.5 Å². The minimum atomic E-state index is -0.653. The molecule has 0 saturated heterocycles. The molecule has 0 aromatic rings. The number of nitrogens with one attached hydrogen (secondary N) is 3. The predicted molar refractivity (Wildman–Crippen MR) is 375 cm³/mol. The molecule has 9 heteroatoms. The van der Waals surface area contributed by atoms with E-state index >= 15 is 0 Å². The van der Waals surface area contributed by atoms with Gasteiger partial charge in [-0.2, -0.15) is 0 Å². The predicted octanol–water partition coefficient (Wildman–Crippen LogP) is 23.6. The molecule has 0 rings (SSSR count). The zero-order chi connectivity index (χ0) is 61.0. The molecule has 3 N–H and O–H groups in total. The Hall–Kier alpha value is -2.00. The van der Waals surface area contributed by atoms with Gasteiger partial charge in [-0.25, -0.2) is 0 Å². The van der Waals surface area contributed by atoms with Crippen molar-refractivity contribution >= 4 is 45.1 Å². The van der Waals surface area contributed by atoms with Gasteiger partial charge in [0.05, 0.1) is 6.04 Å². The van der Waals surface area contributed by atoms with Gasteiger partial charge in [-0.05, 0) is 103 Å². The highest BCUT2D eigenvalue weighted by molar-refractivity contribution is 8.76. The Kier molecular flexibility index (Phi) is 68.4. The van der Waals surface area contributed by atoms with Gasteiger partial charge in [-0.1, -0.05) is 323 Å². The first-order valence-corrected chi connectivity index (χ1v) is 39.5. The first kappa shape index (κ1) is 82.0. The highest BCUT2D eigenvalue weighted by Gasteiger charge is 2.24. The van der Waals surface area contributed by atoms with Gasteiger partial charge >= 0.3 is 0 Å². The van der Waals surface area contributed by atoms with E-state index < -0.39 is 12.1 Å². The van der Waals surface area contributed by atoms with E-state index in [2.05, 4.69) is 80.1 Å². The number of carbonyl (C=O) groups is 4. The van der Waals surface area contributed by atoms with Gasteiger partial charge in [0.15, 0.2) is 5.78 Å². The van der Waals surface area contributed by atoms with Crippen LogP contribution in [0.2, 0.25) is 0 Å². The highest BCUT2D eigenvalue weighted by Crippen LogP contribution is 2.25. The number of hydrogen-bond acceptors (Lipinski definition) is 6. The number of hydrogen-bond donors (Lipinski definition) is 3. The summed E-state index contributed by atoms with van der Waals surface area (Å²) in [7, 11) is 3.07. The van der Waals surface area contributed by atoms with Crippen molar-refractivity contribution in [1.82, 2.24) is 16.0 Å². The van der Waals surface area contributed by atoms with Crippen LogP contribution in [0.3, 0.4) is 0 Å². The second-order valence-electron chi connectivity index (χ2n) is 25.2. The van der Waals surface area contributed by atoms with Crippen molar-refractivity contribution in [1.29, 1.82) is 0 Å². The Morgan fingerprint density at radius 3 is 0.833 bits per heavy atom. The van der Waals surface area contributed by atoms with Gasteiger partial charge in [0.1, 0.15) is 6.04 Å². The largest absolute Gasteiger partial charge is 0.354 e. The topological polar surface area (TPSA) is 104 Å². The van der Waals surface area contributed by atoms with Crippen LogP contribution in [0.1, 0.15) is 387 Å². The fraction of sp³-hybridized carbons (Fsp3) is 0.867. The molecule has 0 aromatic heterocycles. The van der Waals surface area contributed by atoms with Crippen LogP contribution in [0.5, 0.6) is 0 Å². The average molecular weight is 1210 g/mol. The van der Waals surface area contributed by atoms with Gasteiger partial charge < -0.3 is 16.0 Å². The molecule has 0 fully saturated rings. The van der Waals surface area contributed by atoms with Crippen LogP contribution in [0.25, 0.3) is 0 Å². The molecular weight excluding hydrogens is 1070 g/mol. The van der Waals surface area contributed by atoms with Gasteiger partial charge in [0, 0.05) is 37.3 Å². The molecule has 0 radical (unpaired) electrons. The van der Waals surface area contributed by atoms with Gasteiger partial charge in [0.2, 0.25) is 17.7 Å². The lowest BCUT2D eigenvalue weighted by atomic mass is 10.0. The smallest absolute Gasteiger partial charge is 0.243 e. The maximum absolute atomic E-state index is 13.8. The molecule has 0 aromatic carbocycles. The Labute approximate surface area is 531 Å². The van der Waals surface area contributed by atoms with Crippen LogP contribution in [0.4, 0.5) is 0 Å². The third kappa shape index (κ3) is 63.0. The zero-order valence-electron chi connectivity index (χ0n) is 56.3. The van der Waals surface area contributed by atoms with E-state index in [4.69, 9.17) is 0 Å². The van der Waals surface area contributed by atoms with Crippen LogP contribution in [0, 0.1) is 0 Å². The zero-order valence-corrected chi connectivity index (χ0v) is 57.9. The lowest BCUT2D eigenvalue weighted by Gasteiger charge is -2.20. The second kappa shape index (κ2) is 70.1. The first-order valence-electron chi connectivity index (χ1n) is 37.0. The quantitative estimate of drug-likeness (QED) is 0.0318. The van der Waals surface area contributed by atoms with Crippen molar-refractivity contribution in [2.75, 3.05) is 18.1 Å². The van der Waals surface area contributed by atoms with E-state index in [0.29, 0.717) is 37.3 Å². The second-order valence-corrected chi connectivity index (χ2v) is 27.7. The van der Waals surface area contributed by atoms with Crippen molar-refractivity contribution in [3.05, 3.63) is 36.5 Å². The highest BCUT2D eigenvalue weighted by atomic mass is 33.1. The Morgan fingerprint density at radius 1 is 0.286 bits per heavy atom. The summed E-state index contributed by atoms with van der Waals surface area (Å²) in [6, 6.07) is -1.20. The molecule has 3 amide bonds. The summed E-state index contributed by atoms with van der Waals surface area (Å²) in [6.45, 7) is 9.70. The SMILES string of the molecule is CCCCCCCC/C=C/CCCCCCCC(=O)NC(CSSCC(NC(=O)CCCCCCC/C=C/CCCCCCCC)C(=O)NCCCCCC/C=C/CCCCCCCC)C(=O)CCCCCCCCCCCCCCCCC. The molecule has 0 spiro atoms. The molecule has 0 aliphatic rings. The van der Waals surface area contributed by atoms with Gasteiger partial charge in [-0.15, -0.1) is 0 Å². The van der Waals surface area contributed by atoms with Gasteiger partial charge in [0.25, 0.3) is 0 Å². The number of Topliss-reactive ketones (excluding diaryl/α,β-unsaturated/α-hetero) is 1. The number of allylic oxidation sites excluding steroid dienone is 6. The van der Waals surface area contributed by atoms with E-state index in [1.807, 2.05) is 0 Å². The van der Waals surface area contributed by atoms with Crippen LogP contribution >= 0.6 is 21.6 Å². The third-order valence-electron chi connectivity index (χ3n) is 16.8. The minimum absolute atomic E-state index is 0.0341. The first-order chi connectivity index (χ1) is 41.4. The number of rotatable bonds is 69. The Bertz CT molecular complexity index is 1500. The lowest BCUT2D eigenvalue weighted by molar-refractivity contribution is -0.128. The summed E-state index contributed by atoms with van der Waals surface area (Å²) in [5, 5.41) is 9.41. The summed E-state index contributed by atoms with van der Waals surface area (Å²) < 4.78 is 0. The van der Waals surface area contributed by atoms with E-state index in [0.717, 1.165) is 96.3 Å². The molecule has 0 bridgehead atoms. The van der Waals surface area contributed by atoms with E-state index in [9.17, 15) is 19.2 Å². The molecule has 7 nitrogen and oxygen atoms in total. The molecule has 0 saturated carbocycles. The summed E-state index contributed by atoms with van der Waals surface area (Å²) in [4.78, 5) is 54.3. The van der Waals surface area contributed by atoms with Crippen LogP contribution in [-0.2, 0) is 19.2 Å². The number of ketones is 1. The number of unbranched alkanes of at least 4 members (excludes halogenated alkanes) is 46.